The van der Waals surface area contributed by atoms with E-state index < -0.39 is 11.9 Å². The highest BCUT2D eigenvalue weighted by atomic mass is 32.1. The van der Waals surface area contributed by atoms with Gasteiger partial charge in [-0.15, -0.1) is 0 Å². The molecule has 6 aromatic carbocycles. The summed E-state index contributed by atoms with van der Waals surface area (Å²) < 4.78 is 67.6. The van der Waals surface area contributed by atoms with Crippen LogP contribution in [0.3, 0.4) is 0 Å². The van der Waals surface area contributed by atoms with Crippen molar-refractivity contribution in [1.82, 2.24) is 9.97 Å². The predicted molar refractivity (Wildman–Crippen MR) is 511 cm³/mol. The van der Waals surface area contributed by atoms with Crippen molar-refractivity contribution < 1.29 is 85.6 Å². The molecule has 0 unspecified atom stereocenters. The first-order valence-electron chi connectivity index (χ1n) is 46.7. The molecule has 0 radical (unpaired) electrons. The van der Waals surface area contributed by atoms with Gasteiger partial charge < -0.3 is 78.3 Å². The first kappa shape index (κ1) is 103. The van der Waals surface area contributed by atoms with E-state index in [0.717, 1.165) is 78.0 Å². The van der Waals surface area contributed by atoms with E-state index in [-0.39, 0.29) is 60.8 Å². The van der Waals surface area contributed by atoms with Crippen LogP contribution < -0.4 is 39.1 Å². The zero-order chi connectivity index (χ0) is 91.4. The summed E-state index contributed by atoms with van der Waals surface area (Å²) in [7, 11) is 1.67. The highest BCUT2D eigenvalue weighted by molar-refractivity contribution is 7.22. The molecule has 4 aliphatic rings. The van der Waals surface area contributed by atoms with Crippen molar-refractivity contribution in [2.75, 3.05) is 104 Å². The molecule has 698 valence electrons. The third-order valence-corrected chi connectivity index (χ3v) is 25.8. The van der Waals surface area contributed by atoms with Gasteiger partial charge in [-0.05, 0) is 267 Å². The van der Waals surface area contributed by atoms with Gasteiger partial charge in [0.15, 0.2) is 10.3 Å². The van der Waals surface area contributed by atoms with Crippen LogP contribution in [0, 0.1) is 46.3 Å². The third kappa shape index (κ3) is 36.9. The molecule has 4 fully saturated rings. The minimum absolute atomic E-state index is 0.167. The van der Waals surface area contributed by atoms with Crippen molar-refractivity contribution in [1.29, 1.82) is 10.8 Å². The minimum atomic E-state index is -0.479. The fourth-order valence-electron chi connectivity index (χ4n) is 16.5. The number of unbranched alkanes of at least 4 members (excludes halogenated alkanes) is 6. The van der Waals surface area contributed by atoms with E-state index in [9.17, 15) is 28.8 Å². The van der Waals surface area contributed by atoms with Crippen molar-refractivity contribution in [2.45, 2.75) is 212 Å². The second kappa shape index (κ2) is 59.2. The van der Waals surface area contributed by atoms with E-state index >= 15 is 0 Å². The van der Waals surface area contributed by atoms with E-state index in [1.807, 2.05) is 48.5 Å². The average Bonchev–Trinajstić information content (AvgIpc) is 1.70. The first-order valence-corrected chi connectivity index (χ1v) is 48.3. The van der Waals surface area contributed by atoms with Gasteiger partial charge in [-0.2, -0.15) is 0 Å². The number of carbonyl (C=O) groups excluding carboxylic acids is 6. The van der Waals surface area contributed by atoms with Gasteiger partial charge in [0.2, 0.25) is 0 Å². The van der Waals surface area contributed by atoms with Crippen LogP contribution in [0.2, 0.25) is 0 Å². The van der Waals surface area contributed by atoms with E-state index in [2.05, 4.69) is 90.9 Å². The number of methoxy groups -OCH3 is 1. The van der Waals surface area contributed by atoms with E-state index in [1.54, 1.807) is 78.3 Å². The zero-order valence-electron chi connectivity index (χ0n) is 76.1. The van der Waals surface area contributed by atoms with Crippen LogP contribution in [0.15, 0.2) is 159 Å². The van der Waals surface area contributed by atoms with Crippen LogP contribution in [0.4, 0.5) is 10.3 Å². The Morgan fingerprint density at radius 1 is 0.395 bits per heavy atom. The summed E-state index contributed by atoms with van der Waals surface area (Å²) in [6, 6.07) is 42.1. The summed E-state index contributed by atoms with van der Waals surface area (Å²) in [5.41, 5.74) is 5.87. The van der Waals surface area contributed by atoms with Crippen LogP contribution in [0.5, 0.6) is 34.5 Å². The smallest absolute Gasteiger partial charge is 0.330 e. The summed E-state index contributed by atoms with van der Waals surface area (Å²) in [6.07, 6.45) is 32.9. The number of para-hydroxylation sites is 2. The Labute approximate surface area is 770 Å². The number of nitrogens with one attached hydrogen (secondary N) is 4. The standard InChI is InChI=1S/C39H51NO9.C39H51NO7.C13H18N2S.C12H16N2O2S/c1-3-5-28-6-8-29(9-7-28)32-14-19-36(33(26-32)27-40)49-39(43)31-12-10-30(11-13-31)38(42)48-35-17-15-34(16-18-35)46-24-22-44-20-21-45-23-25-47-37(41)4-2;1-3-9-28-10-12-29(13-11-28)32-18-23-36(33(26-32)27-40)47-39(43)31-16-14-30(15-17-31)38(42)46-35-21-19-34(20-22-35)44-24-7-5-6-8-25-45-37(41)4-2;1-2-3-4-7-10-14-13-15-11-8-5-6-9-12(11)16-13;1-15-8-9-16-7-6-13-12-14-10-4-2-3-5-11(10)17-12/h4,14-19,26-31,40H,2-3,5-13,20-25H2,1H3;4,18-23,26-31,40H,2-3,5-17,24-25H2,1H3;5-6,8-9H,2-4,7,10H2,1H3,(H,14,15);2-5H,6-9H2,1H3,(H,13,14). The van der Waals surface area contributed by atoms with Gasteiger partial charge in [0, 0.05) is 55.9 Å². The van der Waals surface area contributed by atoms with Crippen LogP contribution in [-0.2, 0) is 57.2 Å². The molecule has 2 heterocycles. The number of benzene rings is 6. The van der Waals surface area contributed by atoms with Gasteiger partial charge in [-0.3, -0.25) is 19.2 Å². The second-order valence-electron chi connectivity index (χ2n) is 33.2. The Balaban J connectivity index is 0.000000215. The lowest BCUT2D eigenvalue weighted by atomic mass is 9.77. The van der Waals surface area contributed by atoms with Crippen LogP contribution in [0.25, 0.3) is 20.4 Å². The number of esters is 6. The average molecular weight is 1810 g/mol. The highest BCUT2D eigenvalue weighted by Crippen LogP contribution is 2.42. The monoisotopic (exact) mass is 1810 g/mol. The zero-order valence-corrected chi connectivity index (χ0v) is 77.7. The van der Waals surface area contributed by atoms with E-state index in [4.69, 9.17) is 67.7 Å². The molecule has 0 bridgehead atoms. The summed E-state index contributed by atoms with van der Waals surface area (Å²) in [4.78, 5) is 82.8. The van der Waals surface area contributed by atoms with Crippen LogP contribution in [0.1, 0.15) is 235 Å². The molecule has 0 atom stereocenters. The normalized spacial score (nSPS) is 18.2. The summed E-state index contributed by atoms with van der Waals surface area (Å²) in [5, 5.41) is 24.5. The van der Waals surface area contributed by atoms with E-state index in [1.165, 1.54) is 142 Å². The fraction of sp³-hybridized carbons (Fsp3) is 0.515. The Morgan fingerprint density at radius 2 is 0.783 bits per heavy atom. The van der Waals surface area contributed by atoms with Crippen molar-refractivity contribution in [3.63, 3.8) is 0 Å². The van der Waals surface area contributed by atoms with Gasteiger partial charge >= 0.3 is 35.8 Å². The molecule has 24 nitrogen and oxygen atoms in total. The molecule has 2 aromatic heterocycles. The quantitative estimate of drug-likeness (QED) is 0.00905. The maximum Gasteiger partial charge on any atom is 0.330 e. The molecule has 4 saturated carbocycles. The van der Waals surface area contributed by atoms with Crippen molar-refractivity contribution in [3.05, 3.63) is 181 Å². The molecule has 4 N–H and O–H groups in total. The lowest BCUT2D eigenvalue weighted by Crippen LogP contribution is -2.30. The summed E-state index contributed by atoms with van der Waals surface area (Å²) in [5.74, 6) is 2.58. The molecule has 26 heteroatoms. The van der Waals surface area contributed by atoms with Gasteiger partial charge in [-0.25, -0.2) is 19.6 Å². The number of rotatable bonds is 49. The van der Waals surface area contributed by atoms with Crippen LogP contribution in [-0.4, -0.2) is 151 Å². The summed E-state index contributed by atoms with van der Waals surface area (Å²) >= 11 is 3.40. The van der Waals surface area contributed by atoms with Gasteiger partial charge in [0.1, 0.15) is 47.7 Å². The molecule has 12 rings (SSSR count). The summed E-state index contributed by atoms with van der Waals surface area (Å²) in [6.45, 7) is 20.1. The number of aromatic nitrogens is 2. The van der Waals surface area contributed by atoms with Gasteiger partial charge in [0.25, 0.3) is 0 Å². The molecule has 0 saturated heterocycles. The van der Waals surface area contributed by atoms with E-state index in [0.29, 0.717) is 168 Å². The first-order chi connectivity index (χ1) is 63.1. The van der Waals surface area contributed by atoms with Crippen molar-refractivity contribution in [3.8, 4) is 34.5 Å². The minimum Gasteiger partial charge on any atom is -0.494 e. The number of hydrogen-bond acceptors (Lipinski definition) is 26. The third-order valence-electron chi connectivity index (χ3n) is 23.8. The largest absolute Gasteiger partial charge is 0.494 e. The maximum absolute atomic E-state index is 13.1. The molecule has 0 spiro atoms. The van der Waals surface area contributed by atoms with Crippen molar-refractivity contribution in [2.24, 2.45) is 35.5 Å². The molecular formula is C103H136N6O18S2. The SMILES string of the molecule is C=CC(=O)OCCCCCCOc1ccc(OC(=O)C2CCC(C(=O)Oc3ccc(C4CCC(CCC)CC4)cc3C=N)CC2)cc1.C=CC(=O)OCCOCCOCCOc1ccc(OC(=O)C2CCC(C(=O)Oc3ccc(C4CCC(CCC)CC4)cc3C=N)CC2)cc1.CCCCCCNc1nc2ccccc2s1.COCCOCCNc1nc2ccccc2s1. The maximum atomic E-state index is 13.1. The molecule has 4 aliphatic carbocycles. The Kier molecular flexibility index (Phi) is 47.0. The molecule has 0 amide bonds. The number of nitrogens with zero attached hydrogens (tertiary/aromatic N) is 2. The lowest BCUT2D eigenvalue weighted by molar-refractivity contribution is -0.145. The Hall–Kier alpha value is -10.2. The Morgan fingerprint density at radius 3 is 1.22 bits per heavy atom. The van der Waals surface area contributed by atoms with Gasteiger partial charge in [-0.1, -0.05) is 138 Å². The van der Waals surface area contributed by atoms with Gasteiger partial charge in [0.05, 0.1) is 104 Å². The van der Waals surface area contributed by atoms with Crippen molar-refractivity contribution >= 4 is 102 Å². The Bertz CT molecular complexity index is 4610. The highest BCUT2D eigenvalue weighted by Gasteiger charge is 2.35. The molecule has 0 aliphatic heterocycles. The lowest BCUT2D eigenvalue weighted by Gasteiger charge is -2.29. The number of hydrogen-bond donors (Lipinski definition) is 4. The topological polar surface area (TPSA) is 311 Å². The number of anilines is 2. The predicted octanol–water partition coefficient (Wildman–Crippen LogP) is 22.6. The second-order valence-corrected chi connectivity index (χ2v) is 35.3. The molecule has 129 heavy (non-hydrogen) atoms. The number of fused-ring (bicyclic) bond motifs is 2. The number of ether oxygens (including phenoxy) is 12. The van der Waals surface area contributed by atoms with Crippen LogP contribution >= 0.6 is 22.7 Å². The number of thiazole rings is 2. The molecular weight excluding hydrogens is 1670 g/mol. The fourth-order valence-corrected chi connectivity index (χ4v) is 18.2. The number of carbonyl (C=O) groups is 6. The molecule has 8 aromatic rings.